The molecule has 0 saturated heterocycles. The van der Waals surface area contributed by atoms with Crippen LogP contribution in [-0.4, -0.2) is 45.6 Å². The van der Waals surface area contributed by atoms with Gasteiger partial charge in [0.05, 0.1) is 11.4 Å². The van der Waals surface area contributed by atoms with Gasteiger partial charge in [-0.25, -0.2) is 13.8 Å². The standard InChI is InChI=1S/C36H38F2N6O/c1-6-43(7-2)20-12-19-39-36-41-33(28-17-18-32(45)44(35(28)42-36)34-23(3)13-11-16-30(34)37)29-21-26(22-31(38)24(29)4)25(5)40-27-14-9-8-10-15-27/h8-11,13-18,21-22,40H,5-7,12,19-20H2,1-4H3,(H,39,41,42). The van der Waals surface area contributed by atoms with E-state index in [1.165, 1.54) is 22.8 Å². The van der Waals surface area contributed by atoms with Crippen molar-refractivity contribution < 1.29 is 8.78 Å². The van der Waals surface area contributed by atoms with E-state index >= 15 is 8.78 Å². The van der Waals surface area contributed by atoms with Gasteiger partial charge in [0.2, 0.25) is 5.95 Å². The Morgan fingerprint density at radius 1 is 0.933 bits per heavy atom. The fourth-order valence-corrected chi connectivity index (χ4v) is 5.43. The third-order valence-electron chi connectivity index (χ3n) is 8.01. The van der Waals surface area contributed by atoms with Crippen LogP contribution in [0.5, 0.6) is 0 Å². The number of benzene rings is 3. The second-order valence-electron chi connectivity index (χ2n) is 11.0. The molecule has 232 valence electrons. The molecule has 0 radical (unpaired) electrons. The Bertz CT molecular complexity index is 1880. The molecule has 0 aliphatic heterocycles. The summed E-state index contributed by atoms with van der Waals surface area (Å²) in [7, 11) is 0. The Kier molecular flexibility index (Phi) is 9.68. The van der Waals surface area contributed by atoms with Crippen LogP contribution in [0.1, 0.15) is 37.0 Å². The maximum Gasteiger partial charge on any atom is 0.256 e. The van der Waals surface area contributed by atoms with Gasteiger partial charge in [0.1, 0.15) is 11.6 Å². The predicted molar refractivity (Wildman–Crippen MR) is 180 cm³/mol. The molecule has 2 aromatic heterocycles. The monoisotopic (exact) mass is 608 g/mol. The molecule has 7 nitrogen and oxygen atoms in total. The number of aryl methyl sites for hydroxylation is 1. The van der Waals surface area contributed by atoms with Crippen LogP contribution in [-0.2, 0) is 0 Å². The Labute approximate surface area is 262 Å². The third-order valence-corrected chi connectivity index (χ3v) is 8.01. The highest BCUT2D eigenvalue weighted by Crippen LogP contribution is 2.34. The molecule has 0 aliphatic carbocycles. The van der Waals surface area contributed by atoms with Gasteiger partial charge in [-0.2, -0.15) is 4.98 Å². The van der Waals surface area contributed by atoms with Gasteiger partial charge in [-0.1, -0.05) is 50.8 Å². The van der Waals surface area contributed by atoms with Crippen LogP contribution < -0.4 is 16.2 Å². The van der Waals surface area contributed by atoms with Gasteiger partial charge in [-0.3, -0.25) is 9.36 Å². The average Bonchev–Trinajstić information content (AvgIpc) is 3.03. The summed E-state index contributed by atoms with van der Waals surface area (Å²) in [5, 5.41) is 7.02. The van der Waals surface area contributed by atoms with E-state index < -0.39 is 17.2 Å². The van der Waals surface area contributed by atoms with E-state index in [1.54, 1.807) is 32.0 Å². The molecular weight excluding hydrogens is 570 g/mol. The molecule has 0 spiro atoms. The summed E-state index contributed by atoms with van der Waals surface area (Å²) >= 11 is 0. The normalized spacial score (nSPS) is 11.3. The molecule has 5 rings (SSSR count). The van der Waals surface area contributed by atoms with Gasteiger partial charge in [0, 0.05) is 40.5 Å². The quantitative estimate of drug-likeness (QED) is 0.142. The maximum atomic E-state index is 15.6. The first kappa shape index (κ1) is 31.5. The molecule has 9 heteroatoms. The SMILES string of the molecule is C=C(Nc1ccccc1)c1cc(F)c(C)c(-c2nc(NCCCN(CC)CC)nc3c2ccc(=O)n3-c2c(C)cccc2F)c1. The largest absolute Gasteiger partial charge is 0.356 e. The van der Waals surface area contributed by atoms with Crippen molar-refractivity contribution in [3.05, 3.63) is 118 Å². The second-order valence-corrected chi connectivity index (χ2v) is 11.0. The summed E-state index contributed by atoms with van der Waals surface area (Å²) in [6, 6.07) is 20.4. The van der Waals surface area contributed by atoms with Crippen molar-refractivity contribution in [2.45, 2.75) is 34.1 Å². The summed E-state index contributed by atoms with van der Waals surface area (Å²) in [4.78, 5) is 25.3. The first-order valence-corrected chi connectivity index (χ1v) is 15.2. The fraction of sp³-hybridized carbons (Fsp3) is 0.250. The van der Waals surface area contributed by atoms with Crippen LogP contribution in [0.2, 0.25) is 0 Å². The van der Waals surface area contributed by atoms with E-state index in [2.05, 4.69) is 36.0 Å². The number of para-hydroxylation sites is 2. The lowest BCUT2D eigenvalue weighted by molar-refractivity contribution is 0.303. The van der Waals surface area contributed by atoms with E-state index in [-0.39, 0.29) is 17.3 Å². The molecule has 0 amide bonds. The number of aromatic nitrogens is 3. The number of hydrogen-bond acceptors (Lipinski definition) is 6. The number of pyridine rings is 1. The van der Waals surface area contributed by atoms with Crippen LogP contribution in [0.4, 0.5) is 20.4 Å². The molecule has 3 aromatic carbocycles. The smallest absolute Gasteiger partial charge is 0.256 e. The molecule has 2 N–H and O–H groups in total. The van der Waals surface area contributed by atoms with Crippen LogP contribution in [0, 0.1) is 25.5 Å². The first-order valence-electron chi connectivity index (χ1n) is 15.2. The molecule has 0 bridgehead atoms. The van der Waals surface area contributed by atoms with Gasteiger partial charge in [0.15, 0.2) is 5.65 Å². The van der Waals surface area contributed by atoms with Crippen LogP contribution in [0.15, 0.2) is 84.2 Å². The molecule has 45 heavy (non-hydrogen) atoms. The number of hydrogen-bond donors (Lipinski definition) is 2. The lowest BCUT2D eigenvalue weighted by atomic mass is 9.98. The van der Waals surface area contributed by atoms with E-state index in [0.717, 1.165) is 31.7 Å². The minimum absolute atomic E-state index is 0.113. The topological polar surface area (TPSA) is 75.1 Å². The zero-order valence-electron chi connectivity index (χ0n) is 26.1. The highest BCUT2D eigenvalue weighted by molar-refractivity contribution is 5.94. The van der Waals surface area contributed by atoms with Gasteiger partial charge in [-0.15, -0.1) is 0 Å². The van der Waals surface area contributed by atoms with Crippen molar-refractivity contribution in [2.75, 3.05) is 36.8 Å². The third kappa shape index (κ3) is 6.78. The molecule has 0 atom stereocenters. The molecule has 2 heterocycles. The molecule has 5 aromatic rings. The minimum Gasteiger partial charge on any atom is -0.356 e. The number of nitrogens with one attached hydrogen (secondary N) is 2. The highest BCUT2D eigenvalue weighted by atomic mass is 19.1. The Morgan fingerprint density at radius 3 is 2.40 bits per heavy atom. The summed E-state index contributed by atoms with van der Waals surface area (Å²) in [6.07, 6.45) is 0.834. The molecule has 0 aliphatic rings. The van der Waals surface area contributed by atoms with Crippen molar-refractivity contribution in [1.29, 1.82) is 0 Å². The Balaban J connectivity index is 1.68. The number of rotatable bonds is 12. The van der Waals surface area contributed by atoms with E-state index in [9.17, 15) is 4.79 Å². The first-order chi connectivity index (χ1) is 21.7. The Morgan fingerprint density at radius 2 is 1.69 bits per heavy atom. The number of halogens is 2. The maximum absolute atomic E-state index is 15.6. The van der Waals surface area contributed by atoms with Crippen molar-refractivity contribution in [3.8, 4) is 16.9 Å². The minimum atomic E-state index is -0.550. The average molecular weight is 609 g/mol. The van der Waals surface area contributed by atoms with Crippen LogP contribution in [0.3, 0.4) is 0 Å². The summed E-state index contributed by atoms with van der Waals surface area (Å²) in [6.45, 7) is 15.2. The highest BCUT2D eigenvalue weighted by Gasteiger charge is 2.21. The zero-order valence-corrected chi connectivity index (χ0v) is 26.1. The fourth-order valence-electron chi connectivity index (χ4n) is 5.43. The van der Waals surface area contributed by atoms with Crippen molar-refractivity contribution >= 4 is 28.4 Å². The lowest BCUT2D eigenvalue weighted by Gasteiger charge is -2.19. The molecule has 0 saturated carbocycles. The molecular formula is C36H38F2N6O. The van der Waals surface area contributed by atoms with Crippen molar-refractivity contribution in [1.82, 2.24) is 19.4 Å². The Hall–Kier alpha value is -4.89. The predicted octanol–water partition coefficient (Wildman–Crippen LogP) is 7.57. The second kappa shape index (κ2) is 13.8. The van der Waals surface area contributed by atoms with E-state index in [1.807, 2.05) is 36.4 Å². The number of nitrogens with zero attached hydrogens (tertiary/aromatic N) is 4. The zero-order chi connectivity index (χ0) is 32.1. The number of fused-ring (bicyclic) bond motifs is 1. The summed E-state index contributed by atoms with van der Waals surface area (Å²) < 4.78 is 32.2. The van der Waals surface area contributed by atoms with E-state index in [4.69, 9.17) is 9.97 Å². The van der Waals surface area contributed by atoms with Crippen molar-refractivity contribution in [2.24, 2.45) is 0 Å². The van der Waals surface area contributed by atoms with E-state index in [0.29, 0.717) is 45.6 Å². The lowest BCUT2D eigenvalue weighted by Crippen LogP contribution is -2.25. The van der Waals surface area contributed by atoms with Gasteiger partial charge < -0.3 is 15.5 Å². The van der Waals surface area contributed by atoms with Gasteiger partial charge in [0.25, 0.3) is 5.56 Å². The van der Waals surface area contributed by atoms with Crippen LogP contribution >= 0.6 is 0 Å². The summed E-state index contributed by atoms with van der Waals surface area (Å²) in [5.41, 5.74) is 3.63. The number of anilines is 2. The van der Waals surface area contributed by atoms with Crippen LogP contribution in [0.25, 0.3) is 33.7 Å². The van der Waals surface area contributed by atoms with Gasteiger partial charge >= 0.3 is 0 Å². The summed E-state index contributed by atoms with van der Waals surface area (Å²) in [5.74, 6) is -0.722. The van der Waals surface area contributed by atoms with Crippen molar-refractivity contribution in [3.63, 3.8) is 0 Å². The molecule has 0 unspecified atom stereocenters. The molecule has 0 fully saturated rings. The van der Waals surface area contributed by atoms with Gasteiger partial charge in [-0.05, 0) is 87.4 Å².